The van der Waals surface area contributed by atoms with Crippen LogP contribution in [0.1, 0.15) is 81.4 Å². The second kappa shape index (κ2) is 28.8. The summed E-state index contributed by atoms with van der Waals surface area (Å²) in [4.78, 5) is 85.2. The van der Waals surface area contributed by atoms with E-state index in [1.165, 1.54) is 0 Å². The van der Waals surface area contributed by atoms with E-state index in [0.29, 0.717) is 33.4 Å². The van der Waals surface area contributed by atoms with E-state index in [0.717, 1.165) is 86.4 Å². The van der Waals surface area contributed by atoms with E-state index in [4.69, 9.17) is 0 Å². The Morgan fingerprint density at radius 3 is 0.722 bits per heavy atom. The Morgan fingerprint density at radius 1 is 0.211 bits per heavy atom. The van der Waals surface area contributed by atoms with Gasteiger partial charge < -0.3 is 0 Å². The zero-order chi connectivity index (χ0) is 61.1. The summed E-state index contributed by atoms with van der Waals surface area (Å²) in [5.74, 6) is -0.863. The number of benzene rings is 13. The average molecular weight is 1310 g/mol. The molecule has 0 aliphatic rings. The first-order chi connectivity index (χ1) is 43.7. The van der Waals surface area contributed by atoms with Crippen LogP contribution in [0.25, 0.3) is 86.4 Å². The molecule has 0 unspecified atom stereocenters. The molecule has 0 bridgehead atoms. The number of carbonyl (C=O) groups excluding carboxylic acids is 6. The largest absolute Gasteiger partial charge is 3.00 e. The third-order valence-electron chi connectivity index (χ3n) is 15.9. The maximum absolute atomic E-state index is 12.8. The van der Waals surface area contributed by atoms with E-state index in [2.05, 4.69) is 28.2 Å². The molecule has 0 amide bonds. The Hall–Kier alpha value is -10.2. The summed E-state index contributed by atoms with van der Waals surface area (Å²) < 4.78 is 0. The summed E-state index contributed by atoms with van der Waals surface area (Å²) in [5.41, 5.74) is 5.65. The van der Waals surface area contributed by atoms with Crippen LogP contribution < -0.4 is 0 Å². The fourth-order valence-corrected chi connectivity index (χ4v) is 11.5. The van der Waals surface area contributed by atoms with Gasteiger partial charge in [0.15, 0.2) is 34.7 Å². The van der Waals surface area contributed by atoms with Crippen molar-refractivity contribution in [2.75, 3.05) is 0 Å². The molecule has 0 saturated heterocycles. The molecule has 0 spiro atoms. The van der Waals surface area contributed by atoms with Crippen LogP contribution in [0.2, 0.25) is 0 Å². The van der Waals surface area contributed by atoms with Gasteiger partial charge in [-0.1, -0.05) is 267 Å². The number of hydrogen-bond donors (Lipinski definition) is 0. The number of hydrogen-bond acceptors (Lipinski definition) is 8. The predicted molar refractivity (Wildman–Crippen MR) is 361 cm³/mol. The quantitative estimate of drug-likeness (QED) is 0.0672. The maximum Gasteiger partial charge on any atom is 3.00 e. The second-order valence-corrected chi connectivity index (χ2v) is 21.4. The van der Waals surface area contributed by atoms with Gasteiger partial charge in [0.1, 0.15) is 0 Å². The number of aromatic nitrogens is 2. The summed E-state index contributed by atoms with van der Waals surface area (Å²) >= 11 is 0. The van der Waals surface area contributed by atoms with E-state index >= 15 is 0 Å². The molecular weight excluding hydrogens is 1250 g/mol. The Morgan fingerprint density at radius 2 is 0.433 bits per heavy atom. The zero-order valence-corrected chi connectivity index (χ0v) is 51.1. The zero-order valence-electron chi connectivity index (χ0n) is 48.7. The molecule has 9 heteroatoms. The molecule has 0 atom stereocenters. The van der Waals surface area contributed by atoms with Crippen LogP contribution in [-0.2, 0) is 0 Å². The third kappa shape index (κ3) is 13.7. The number of Topliss-reactive ketones (excluding diaryl/α,β-unsaturated/α-hetero) is 6. The minimum Gasteiger partial charge on any atom is -0.294 e. The van der Waals surface area contributed by atoms with Gasteiger partial charge in [-0.25, -0.2) is 0 Å². The van der Waals surface area contributed by atoms with Gasteiger partial charge in [-0.05, 0) is 88.9 Å². The second-order valence-electron chi connectivity index (χ2n) is 21.4. The smallest absolute Gasteiger partial charge is 0.294 e. The summed E-state index contributed by atoms with van der Waals surface area (Å²) in [6.07, 6.45) is 3.25. The molecule has 0 N–H and O–H groups in total. The molecule has 13 aromatic carbocycles. The summed E-state index contributed by atoms with van der Waals surface area (Å²) in [6.45, 7) is 0. The third-order valence-corrected chi connectivity index (χ3v) is 15.9. The molecule has 0 radical (unpaired) electrons. The van der Waals surface area contributed by atoms with Crippen LogP contribution in [0.3, 0.4) is 0 Å². The van der Waals surface area contributed by atoms with Crippen molar-refractivity contribution >= 4 is 121 Å². The normalized spacial score (nSPS) is 10.8. The SMILES string of the molecule is O=C(CC(=O)c1cccc2ccccc12)c1cccc2ccccc12.O=C(CC(=O)c1cccc2ccccc12)c1cccc2ccccc12.O=C(CC(=O)c1cccc2ccccc12)c1cccc2ccccc12.[Eu+3].c1cnc2c(c1)ccc1ncccc12. The molecule has 15 rings (SSSR count). The molecular formula is C81H56EuN2O6+3. The minimum absolute atomic E-state index is 0. The fraction of sp³-hybridized carbons (Fsp3) is 0.0370. The van der Waals surface area contributed by atoms with E-state index in [1.807, 2.05) is 243 Å². The van der Waals surface area contributed by atoms with E-state index in [1.54, 1.807) is 42.6 Å². The monoisotopic (exact) mass is 1310 g/mol. The molecule has 2 heterocycles. The van der Waals surface area contributed by atoms with Crippen LogP contribution in [0.5, 0.6) is 0 Å². The molecule has 430 valence electrons. The average Bonchev–Trinajstić information content (AvgIpc) is 1.51. The van der Waals surface area contributed by atoms with Crippen molar-refractivity contribution in [3.63, 3.8) is 0 Å². The maximum atomic E-state index is 12.8. The standard InChI is InChI=1S/3C23H16O2.C12H8N2.Eu/c3*24-22(20-13-5-9-16-7-1-3-11-18(16)20)15-23(25)21-14-6-10-17-8-2-4-12-19(17)21;1-3-9-5-6-11-10(4-2-7-13-11)12(9)14-8-1;/h3*1-14H,15H2;1-8H;/q;;;;+3. The van der Waals surface area contributed by atoms with Crippen LogP contribution in [-0.4, -0.2) is 44.7 Å². The molecule has 0 aliphatic carbocycles. The van der Waals surface area contributed by atoms with Crippen molar-refractivity contribution in [3.05, 3.63) is 337 Å². The molecule has 2 aromatic heterocycles. The Bertz CT molecular complexity index is 4450. The van der Waals surface area contributed by atoms with Gasteiger partial charge in [-0.2, -0.15) is 0 Å². The van der Waals surface area contributed by atoms with Crippen LogP contribution in [0.15, 0.2) is 304 Å². The number of fused-ring (bicyclic) bond motifs is 9. The van der Waals surface area contributed by atoms with Crippen molar-refractivity contribution in [1.82, 2.24) is 9.97 Å². The van der Waals surface area contributed by atoms with Crippen molar-refractivity contribution in [1.29, 1.82) is 0 Å². The Kier molecular flexibility index (Phi) is 19.7. The van der Waals surface area contributed by atoms with Gasteiger partial charge in [0, 0.05) is 56.5 Å². The predicted octanol–water partition coefficient (Wildman–Crippen LogP) is 19.1. The molecule has 0 aliphatic heterocycles. The number of nitrogens with zero attached hydrogens (tertiary/aromatic N) is 2. The van der Waals surface area contributed by atoms with Gasteiger partial charge in [0.25, 0.3) is 0 Å². The van der Waals surface area contributed by atoms with Crippen LogP contribution >= 0.6 is 0 Å². The number of rotatable bonds is 12. The molecule has 0 saturated carbocycles. The first kappa shape index (κ1) is 61.5. The molecule has 15 aromatic rings. The van der Waals surface area contributed by atoms with Gasteiger partial charge in [-0.3, -0.25) is 38.7 Å². The summed E-state index contributed by atoms with van der Waals surface area (Å²) in [5, 5.41) is 13.6. The van der Waals surface area contributed by atoms with Crippen molar-refractivity contribution in [2.24, 2.45) is 0 Å². The van der Waals surface area contributed by atoms with Crippen molar-refractivity contribution in [3.8, 4) is 0 Å². The molecule has 90 heavy (non-hydrogen) atoms. The van der Waals surface area contributed by atoms with E-state index in [-0.39, 0.29) is 103 Å². The summed E-state index contributed by atoms with van der Waals surface area (Å²) in [6, 6.07) is 92.3. The van der Waals surface area contributed by atoms with Gasteiger partial charge in [0.05, 0.1) is 30.3 Å². The van der Waals surface area contributed by atoms with Crippen molar-refractivity contribution < 1.29 is 78.1 Å². The number of carbonyl (C=O) groups is 6. The van der Waals surface area contributed by atoms with E-state index in [9.17, 15) is 28.8 Å². The van der Waals surface area contributed by atoms with E-state index < -0.39 is 0 Å². The Balaban J connectivity index is 0.000000125. The van der Waals surface area contributed by atoms with Crippen LogP contribution in [0, 0.1) is 49.4 Å². The number of ketones is 6. The molecule has 0 fully saturated rings. The first-order valence-electron chi connectivity index (χ1n) is 29.3. The van der Waals surface area contributed by atoms with Crippen molar-refractivity contribution in [2.45, 2.75) is 19.3 Å². The van der Waals surface area contributed by atoms with Crippen LogP contribution in [0.4, 0.5) is 0 Å². The van der Waals surface area contributed by atoms with Gasteiger partial charge in [-0.15, -0.1) is 0 Å². The number of pyridine rings is 2. The fourth-order valence-electron chi connectivity index (χ4n) is 11.5. The Labute approximate surface area is 560 Å². The summed E-state index contributed by atoms with van der Waals surface area (Å²) in [7, 11) is 0. The van der Waals surface area contributed by atoms with Gasteiger partial charge >= 0.3 is 49.4 Å². The topological polar surface area (TPSA) is 128 Å². The minimum atomic E-state index is -0.144. The van der Waals surface area contributed by atoms with Gasteiger partial charge in [0.2, 0.25) is 0 Å². The molecule has 8 nitrogen and oxygen atoms in total. The first-order valence-corrected chi connectivity index (χ1v) is 29.3.